The number of ketones is 1. The summed E-state index contributed by atoms with van der Waals surface area (Å²) in [6, 6.07) is 15.1. The number of Topliss-reactive ketones (excluding diaryl/α,β-unsaturated/α-hetero) is 1. The molecule has 3 heteroatoms. The molecule has 0 saturated carbocycles. The van der Waals surface area contributed by atoms with Crippen molar-refractivity contribution in [3.05, 3.63) is 66.0 Å². The van der Waals surface area contributed by atoms with Gasteiger partial charge in [-0.05, 0) is 24.1 Å². The summed E-state index contributed by atoms with van der Waals surface area (Å²) in [7, 11) is 0. The highest BCUT2D eigenvalue weighted by Gasteiger charge is 2.19. The van der Waals surface area contributed by atoms with Crippen molar-refractivity contribution in [3.8, 4) is 0 Å². The van der Waals surface area contributed by atoms with E-state index in [9.17, 15) is 4.79 Å². The fourth-order valence-corrected chi connectivity index (χ4v) is 2.09. The minimum Gasteiger partial charge on any atom is -0.324 e. The third-order valence-corrected chi connectivity index (χ3v) is 3.20. The van der Waals surface area contributed by atoms with Crippen LogP contribution in [0.25, 0.3) is 0 Å². The monoisotopic (exact) mass is 254 g/mol. The number of hydrogen-bond donors (Lipinski definition) is 1. The van der Waals surface area contributed by atoms with Crippen molar-refractivity contribution in [2.45, 2.75) is 19.4 Å². The van der Waals surface area contributed by atoms with Gasteiger partial charge < -0.3 is 5.73 Å². The molecule has 2 unspecified atom stereocenters. The van der Waals surface area contributed by atoms with E-state index in [0.717, 1.165) is 5.56 Å². The molecule has 0 spiro atoms. The van der Waals surface area contributed by atoms with Gasteiger partial charge in [-0.3, -0.25) is 9.78 Å². The highest BCUT2D eigenvalue weighted by atomic mass is 16.1. The van der Waals surface area contributed by atoms with Crippen molar-refractivity contribution in [2.24, 2.45) is 11.7 Å². The van der Waals surface area contributed by atoms with Crippen LogP contribution >= 0.6 is 0 Å². The Morgan fingerprint density at radius 2 is 1.84 bits per heavy atom. The molecule has 1 heterocycles. The fraction of sp³-hybridized carbons (Fsp3) is 0.250. The second kappa shape index (κ2) is 6.25. The molecule has 0 fully saturated rings. The van der Waals surface area contributed by atoms with Crippen LogP contribution in [-0.2, 0) is 0 Å². The van der Waals surface area contributed by atoms with Crippen molar-refractivity contribution < 1.29 is 4.79 Å². The molecular formula is C16H18N2O. The molecule has 2 atom stereocenters. The van der Waals surface area contributed by atoms with Crippen LogP contribution in [0.1, 0.15) is 35.4 Å². The number of rotatable bonds is 5. The third kappa shape index (κ3) is 3.48. The molecule has 0 bridgehead atoms. The van der Waals surface area contributed by atoms with Crippen molar-refractivity contribution in [1.29, 1.82) is 0 Å². The van der Waals surface area contributed by atoms with E-state index in [4.69, 9.17) is 5.73 Å². The van der Waals surface area contributed by atoms with Crippen LogP contribution in [0.2, 0.25) is 0 Å². The Hall–Kier alpha value is -2.00. The first-order valence-electron chi connectivity index (χ1n) is 6.44. The minimum absolute atomic E-state index is 0.0481. The van der Waals surface area contributed by atoms with E-state index in [1.54, 1.807) is 18.3 Å². The lowest BCUT2D eigenvalue weighted by molar-refractivity contribution is 0.0914. The molecule has 98 valence electrons. The molecule has 0 radical (unpaired) electrons. The molecule has 0 aliphatic carbocycles. The van der Waals surface area contributed by atoms with Gasteiger partial charge in [0.2, 0.25) is 0 Å². The fourth-order valence-electron chi connectivity index (χ4n) is 2.09. The lowest BCUT2D eigenvalue weighted by Gasteiger charge is -2.16. The molecule has 19 heavy (non-hydrogen) atoms. The van der Waals surface area contributed by atoms with E-state index in [2.05, 4.69) is 4.98 Å². The zero-order chi connectivity index (χ0) is 13.7. The largest absolute Gasteiger partial charge is 0.324 e. The van der Waals surface area contributed by atoms with Gasteiger partial charge in [0, 0.05) is 18.2 Å². The Balaban J connectivity index is 2.02. The molecule has 2 rings (SSSR count). The molecule has 3 nitrogen and oxygen atoms in total. The zero-order valence-electron chi connectivity index (χ0n) is 11.0. The first-order chi connectivity index (χ1) is 9.18. The number of benzene rings is 1. The first-order valence-corrected chi connectivity index (χ1v) is 6.44. The normalized spacial score (nSPS) is 13.8. The van der Waals surface area contributed by atoms with E-state index < -0.39 is 0 Å². The molecule has 0 aliphatic heterocycles. The van der Waals surface area contributed by atoms with Gasteiger partial charge in [0.25, 0.3) is 0 Å². The number of hydrogen-bond acceptors (Lipinski definition) is 3. The summed E-state index contributed by atoms with van der Waals surface area (Å²) >= 11 is 0. The zero-order valence-corrected chi connectivity index (χ0v) is 11.0. The van der Waals surface area contributed by atoms with Crippen LogP contribution in [-0.4, -0.2) is 10.8 Å². The summed E-state index contributed by atoms with van der Waals surface area (Å²) in [6.07, 6.45) is 2.26. The summed E-state index contributed by atoms with van der Waals surface area (Å²) in [6.45, 7) is 1.90. The summed E-state index contributed by atoms with van der Waals surface area (Å²) in [5.41, 5.74) is 7.71. The topological polar surface area (TPSA) is 56.0 Å². The smallest absolute Gasteiger partial charge is 0.184 e. The van der Waals surface area contributed by atoms with Crippen molar-refractivity contribution in [1.82, 2.24) is 4.98 Å². The maximum absolute atomic E-state index is 12.2. The predicted molar refractivity (Wildman–Crippen MR) is 75.7 cm³/mol. The van der Waals surface area contributed by atoms with E-state index in [1.165, 1.54) is 0 Å². The Kier molecular flexibility index (Phi) is 4.42. The molecule has 2 aromatic rings. The van der Waals surface area contributed by atoms with E-state index >= 15 is 0 Å². The van der Waals surface area contributed by atoms with Gasteiger partial charge in [-0.2, -0.15) is 0 Å². The summed E-state index contributed by atoms with van der Waals surface area (Å²) in [5, 5.41) is 0. The van der Waals surface area contributed by atoms with Gasteiger partial charge in [-0.25, -0.2) is 0 Å². The molecule has 0 aliphatic rings. The Morgan fingerprint density at radius 1 is 1.16 bits per heavy atom. The number of aromatic nitrogens is 1. The maximum Gasteiger partial charge on any atom is 0.184 e. The van der Waals surface area contributed by atoms with Crippen molar-refractivity contribution >= 4 is 5.78 Å². The molecule has 0 amide bonds. The number of nitrogens with zero attached hydrogens (tertiary/aromatic N) is 1. The lowest BCUT2D eigenvalue weighted by Crippen LogP contribution is -2.20. The van der Waals surface area contributed by atoms with Crippen LogP contribution in [0.3, 0.4) is 0 Å². The molecule has 1 aromatic heterocycles. The molecular weight excluding hydrogens is 236 g/mol. The Bertz CT molecular complexity index is 525. The van der Waals surface area contributed by atoms with E-state index in [-0.39, 0.29) is 17.7 Å². The molecule has 2 N–H and O–H groups in total. The minimum atomic E-state index is -0.134. The summed E-state index contributed by atoms with van der Waals surface area (Å²) in [4.78, 5) is 16.3. The number of nitrogens with two attached hydrogens (primary N) is 1. The number of carbonyl (C=O) groups is 1. The van der Waals surface area contributed by atoms with Gasteiger partial charge in [-0.15, -0.1) is 0 Å². The SMILES string of the molecule is CC(CC(N)c1ccccc1)C(=O)c1ccccn1. The predicted octanol–water partition coefficient (Wildman–Crippen LogP) is 2.99. The average molecular weight is 254 g/mol. The average Bonchev–Trinajstić information content (AvgIpc) is 2.48. The van der Waals surface area contributed by atoms with Crippen LogP contribution in [0.5, 0.6) is 0 Å². The second-order valence-corrected chi connectivity index (χ2v) is 4.73. The van der Waals surface area contributed by atoms with E-state index in [1.807, 2.05) is 43.3 Å². The van der Waals surface area contributed by atoms with Gasteiger partial charge >= 0.3 is 0 Å². The standard InChI is InChI=1S/C16H18N2O/c1-12(16(19)15-9-5-6-10-18-15)11-14(17)13-7-3-2-4-8-13/h2-10,12,14H,11,17H2,1H3. The number of carbonyl (C=O) groups excluding carboxylic acids is 1. The number of pyridine rings is 1. The van der Waals surface area contributed by atoms with Gasteiger partial charge in [0.1, 0.15) is 5.69 Å². The van der Waals surface area contributed by atoms with Crippen LogP contribution in [0.15, 0.2) is 54.7 Å². The summed E-state index contributed by atoms with van der Waals surface area (Å²) < 4.78 is 0. The Morgan fingerprint density at radius 3 is 2.47 bits per heavy atom. The van der Waals surface area contributed by atoms with Crippen LogP contribution in [0.4, 0.5) is 0 Å². The maximum atomic E-state index is 12.2. The third-order valence-electron chi connectivity index (χ3n) is 3.20. The van der Waals surface area contributed by atoms with Gasteiger partial charge in [-0.1, -0.05) is 43.3 Å². The second-order valence-electron chi connectivity index (χ2n) is 4.73. The van der Waals surface area contributed by atoms with Gasteiger partial charge in [0.15, 0.2) is 5.78 Å². The highest BCUT2D eigenvalue weighted by molar-refractivity contribution is 5.95. The van der Waals surface area contributed by atoms with Crippen molar-refractivity contribution in [2.75, 3.05) is 0 Å². The van der Waals surface area contributed by atoms with Crippen LogP contribution in [0, 0.1) is 5.92 Å². The van der Waals surface area contributed by atoms with E-state index in [0.29, 0.717) is 12.1 Å². The van der Waals surface area contributed by atoms with Crippen molar-refractivity contribution in [3.63, 3.8) is 0 Å². The molecule has 0 saturated heterocycles. The molecule has 1 aromatic carbocycles. The first kappa shape index (κ1) is 13.4. The van der Waals surface area contributed by atoms with Gasteiger partial charge in [0.05, 0.1) is 0 Å². The van der Waals surface area contributed by atoms with Crippen LogP contribution < -0.4 is 5.73 Å². The highest BCUT2D eigenvalue weighted by Crippen LogP contribution is 2.20. The summed E-state index contributed by atoms with van der Waals surface area (Å²) in [5.74, 6) is -0.0860. The lowest BCUT2D eigenvalue weighted by atomic mass is 9.92. The quantitative estimate of drug-likeness (QED) is 0.834. The Labute approximate surface area is 113 Å².